The summed E-state index contributed by atoms with van der Waals surface area (Å²) in [6.45, 7) is 3.12. The molecule has 1 atom stereocenters. The van der Waals surface area contributed by atoms with Gasteiger partial charge in [-0.3, -0.25) is 4.79 Å². The van der Waals surface area contributed by atoms with Gasteiger partial charge in [-0.1, -0.05) is 13.8 Å². The van der Waals surface area contributed by atoms with E-state index in [-0.39, 0.29) is 18.3 Å². The standard InChI is InChI=1S/C7H14BNO2/c1-5(2)6(11)7(8,4-10)9-3/h5,9-10H,4H2,1-3H3/t7-/m1/s1. The number of likely N-dealkylation sites (N-methyl/N-ethyl adjacent to an activating group) is 1. The van der Waals surface area contributed by atoms with E-state index in [1.807, 2.05) is 0 Å². The highest BCUT2D eigenvalue weighted by atomic mass is 16.3. The number of aliphatic hydroxyl groups is 1. The first-order chi connectivity index (χ1) is 4.98. The van der Waals surface area contributed by atoms with E-state index >= 15 is 0 Å². The lowest BCUT2D eigenvalue weighted by atomic mass is 9.72. The molecule has 0 heterocycles. The van der Waals surface area contributed by atoms with E-state index in [1.165, 1.54) is 0 Å². The van der Waals surface area contributed by atoms with Crippen molar-refractivity contribution in [3.05, 3.63) is 0 Å². The van der Waals surface area contributed by atoms with Crippen molar-refractivity contribution < 1.29 is 9.90 Å². The molecule has 0 aromatic rings. The molecule has 0 saturated carbocycles. The largest absolute Gasteiger partial charge is 0.395 e. The number of nitrogens with one attached hydrogen (secondary N) is 1. The summed E-state index contributed by atoms with van der Waals surface area (Å²) in [5.74, 6) is -0.345. The van der Waals surface area contributed by atoms with Crippen LogP contribution >= 0.6 is 0 Å². The van der Waals surface area contributed by atoms with Crippen LogP contribution in [0.25, 0.3) is 0 Å². The van der Waals surface area contributed by atoms with E-state index in [0.717, 1.165) is 0 Å². The van der Waals surface area contributed by atoms with Gasteiger partial charge in [-0.05, 0) is 7.05 Å². The minimum Gasteiger partial charge on any atom is -0.395 e. The molecule has 2 N–H and O–H groups in total. The van der Waals surface area contributed by atoms with Gasteiger partial charge in [0.1, 0.15) is 13.6 Å². The fraction of sp³-hybridized carbons (Fsp3) is 0.857. The molecule has 0 aliphatic rings. The quantitative estimate of drug-likeness (QED) is 0.527. The molecule has 0 amide bonds. The molecule has 0 rings (SSSR count). The highest BCUT2D eigenvalue weighted by molar-refractivity contribution is 6.29. The van der Waals surface area contributed by atoms with Crippen LogP contribution in [0.5, 0.6) is 0 Å². The first kappa shape index (κ1) is 10.7. The van der Waals surface area contributed by atoms with Crippen molar-refractivity contribution >= 4 is 13.6 Å². The second-order valence-electron chi connectivity index (χ2n) is 2.90. The van der Waals surface area contributed by atoms with E-state index < -0.39 is 5.44 Å². The highest BCUT2D eigenvalue weighted by Crippen LogP contribution is 2.07. The Morgan fingerprint density at radius 2 is 2.18 bits per heavy atom. The Morgan fingerprint density at radius 3 is 2.27 bits per heavy atom. The van der Waals surface area contributed by atoms with E-state index in [1.54, 1.807) is 20.9 Å². The molecule has 0 saturated heterocycles. The monoisotopic (exact) mass is 155 g/mol. The first-order valence-electron chi connectivity index (χ1n) is 3.61. The van der Waals surface area contributed by atoms with E-state index in [0.29, 0.717) is 0 Å². The predicted molar refractivity (Wildman–Crippen MR) is 44.5 cm³/mol. The van der Waals surface area contributed by atoms with Crippen molar-refractivity contribution in [1.82, 2.24) is 5.32 Å². The summed E-state index contributed by atoms with van der Waals surface area (Å²) >= 11 is 0. The van der Waals surface area contributed by atoms with Crippen molar-refractivity contribution in [2.24, 2.45) is 5.92 Å². The van der Waals surface area contributed by atoms with Crippen LogP contribution in [-0.4, -0.2) is 37.8 Å². The molecular formula is C7H14BNO2. The number of ketones is 1. The lowest BCUT2D eigenvalue weighted by Crippen LogP contribution is -2.55. The van der Waals surface area contributed by atoms with Gasteiger partial charge < -0.3 is 10.4 Å². The summed E-state index contributed by atoms with van der Waals surface area (Å²) in [5.41, 5.74) is -1.27. The number of hydrogen-bond donors (Lipinski definition) is 2. The van der Waals surface area contributed by atoms with Gasteiger partial charge in [0.2, 0.25) is 0 Å². The van der Waals surface area contributed by atoms with Crippen LogP contribution < -0.4 is 5.32 Å². The van der Waals surface area contributed by atoms with Crippen LogP contribution in [0.4, 0.5) is 0 Å². The van der Waals surface area contributed by atoms with Crippen molar-refractivity contribution in [2.45, 2.75) is 19.3 Å². The molecule has 0 unspecified atom stereocenters. The van der Waals surface area contributed by atoms with E-state index in [4.69, 9.17) is 13.0 Å². The van der Waals surface area contributed by atoms with Crippen LogP contribution in [-0.2, 0) is 4.79 Å². The maximum Gasteiger partial charge on any atom is 0.148 e. The van der Waals surface area contributed by atoms with Gasteiger partial charge in [0.15, 0.2) is 0 Å². The summed E-state index contributed by atoms with van der Waals surface area (Å²) in [7, 11) is 7.08. The molecule has 0 fully saturated rings. The smallest absolute Gasteiger partial charge is 0.148 e. The average Bonchev–Trinajstić information content (AvgIpc) is 2.01. The average molecular weight is 155 g/mol. The maximum absolute atomic E-state index is 11.3. The SMILES string of the molecule is [B][C@](CO)(NC)C(=O)C(C)C. The van der Waals surface area contributed by atoms with Crippen LogP contribution in [0.15, 0.2) is 0 Å². The number of rotatable bonds is 4. The topological polar surface area (TPSA) is 49.3 Å². The Labute approximate surface area is 68.6 Å². The minimum atomic E-state index is -1.27. The fourth-order valence-electron chi connectivity index (χ4n) is 0.795. The maximum atomic E-state index is 11.3. The molecule has 0 aliphatic carbocycles. The second kappa shape index (κ2) is 3.88. The summed E-state index contributed by atoms with van der Waals surface area (Å²) in [6, 6.07) is 0. The third-order valence-corrected chi connectivity index (χ3v) is 1.66. The van der Waals surface area contributed by atoms with Crippen LogP contribution in [0, 0.1) is 5.92 Å². The van der Waals surface area contributed by atoms with Crippen molar-refractivity contribution in [3.8, 4) is 0 Å². The molecule has 0 bridgehead atoms. The lowest BCUT2D eigenvalue weighted by molar-refractivity contribution is -0.126. The van der Waals surface area contributed by atoms with Crippen molar-refractivity contribution in [1.29, 1.82) is 0 Å². The number of carbonyl (C=O) groups is 1. The van der Waals surface area contributed by atoms with Gasteiger partial charge in [0, 0.05) is 5.92 Å². The number of carbonyl (C=O) groups excluding carboxylic acids is 1. The minimum absolute atomic E-state index is 0.167. The van der Waals surface area contributed by atoms with E-state index in [2.05, 4.69) is 5.32 Å². The first-order valence-corrected chi connectivity index (χ1v) is 3.61. The zero-order valence-corrected chi connectivity index (χ0v) is 7.22. The molecule has 62 valence electrons. The summed E-state index contributed by atoms with van der Waals surface area (Å²) in [6.07, 6.45) is 0. The Balaban J connectivity index is 4.37. The normalized spacial score (nSPS) is 16.5. The second-order valence-corrected chi connectivity index (χ2v) is 2.90. The molecule has 0 aromatic carbocycles. The number of hydrogen-bond acceptors (Lipinski definition) is 3. The van der Waals surface area contributed by atoms with Gasteiger partial charge in [0.25, 0.3) is 0 Å². The Morgan fingerprint density at radius 1 is 1.73 bits per heavy atom. The van der Waals surface area contributed by atoms with Crippen LogP contribution in [0.2, 0.25) is 0 Å². The molecule has 3 nitrogen and oxygen atoms in total. The van der Waals surface area contributed by atoms with Crippen LogP contribution in [0.1, 0.15) is 13.8 Å². The highest BCUT2D eigenvalue weighted by Gasteiger charge is 2.30. The van der Waals surface area contributed by atoms with Gasteiger partial charge in [0.05, 0.1) is 12.0 Å². The third-order valence-electron chi connectivity index (χ3n) is 1.66. The Bertz CT molecular complexity index is 143. The molecule has 0 aromatic heterocycles. The molecular weight excluding hydrogens is 141 g/mol. The lowest BCUT2D eigenvalue weighted by Gasteiger charge is -2.27. The van der Waals surface area contributed by atoms with Gasteiger partial charge in [-0.15, -0.1) is 0 Å². The molecule has 0 aliphatic heterocycles. The zero-order valence-electron chi connectivity index (χ0n) is 7.22. The summed E-state index contributed by atoms with van der Waals surface area (Å²) in [5, 5.41) is 11.4. The summed E-state index contributed by atoms with van der Waals surface area (Å²) in [4.78, 5) is 11.3. The number of aliphatic hydroxyl groups excluding tert-OH is 1. The molecule has 4 heteroatoms. The Hall–Kier alpha value is -0.345. The summed E-state index contributed by atoms with van der Waals surface area (Å²) < 4.78 is 0. The van der Waals surface area contributed by atoms with E-state index in [9.17, 15) is 4.79 Å². The fourth-order valence-corrected chi connectivity index (χ4v) is 0.795. The molecule has 0 spiro atoms. The van der Waals surface area contributed by atoms with Gasteiger partial charge in [-0.2, -0.15) is 0 Å². The predicted octanol–water partition coefficient (Wildman–Crippen LogP) is -0.712. The van der Waals surface area contributed by atoms with Gasteiger partial charge >= 0.3 is 0 Å². The third kappa shape index (κ3) is 2.31. The molecule has 11 heavy (non-hydrogen) atoms. The number of Topliss-reactive ketones (excluding diaryl/α,β-unsaturated/α-hetero) is 1. The molecule has 2 radical (unpaired) electrons. The van der Waals surface area contributed by atoms with Gasteiger partial charge in [-0.25, -0.2) is 0 Å². The van der Waals surface area contributed by atoms with Crippen LogP contribution in [0.3, 0.4) is 0 Å². The van der Waals surface area contributed by atoms with Crippen molar-refractivity contribution in [3.63, 3.8) is 0 Å². The Kier molecular flexibility index (Phi) is 3.76. The van der Waals surface area contributed by atoms with Crippen molar-refractivity contribution in [2.75, 3.05) is 13.7 Å². The zero-order chi connectivity index (χ0) is 9.07.